The molecule has 1 aromatic carbocycles. The Balaban J connectivity index is 2.95. The lowest BCUT2D eigenvalue weighted by Crippen LogP contribution is -2.31. The van der Waals surface area contributed by atoms with Gasteiger partial charge in [-0.3, -0.25) is 0 Å². The first-order chi connectivity index (χ1) is 9.26. The molecular weight excluding hydrogens is 267 g/mol. The van der Waals surface area contributed by atoms with E-state index in [0.717, 1.165) is 12.5 Å². The smallest absolute Gasteiger partial charge is 0.194 e. The largest absolute Gasteiger partial charge is 0.374 e. The second-order valence-corrected chi connectivity index (χ2v) is 5.69. The molecule has 0 aliphatic heterocycles. The Morgan fingerprint density at radius 3 is 2.35 bits per heavy atom. The van der Waals surface area contributed by atoms with Crippen molar-refractivity contribution in [2.45, 2.75) is 45.8 Å². The molecule has 0 aliphatic rings. The van der Waals surface area contributed by atoms with Crippen molar-refractivity contribution >= 4 is 0 Å². The van der Waals surface area contributed by atoms with Crippen LogP contribution in [0, 0.1) is 17.5 Å². The predicted molar refractivity (Wildman–Crippen MR) is 73.1 cm³/mol. The Kier molecular flexibility index (Phi) is 6.02. The molecule has 0 amide bonds. The molecule has 0 saturated heterocycles. The normalized spacial score (nSPS) is 13.6. The van der Waals surface area contributed by atoms with Crippen molar-refractivity contribution in [1.82, 2.24) is 5.32 Å². The fourth-order valence-corrected chi connectivity index (χ4v) is 1.72. The van der Waals surface area contributed by atoms with E-state index in [1.807, 2.05) is 27.7 Å². The molecule has 0 fully saturated rings. The van der Waals surface area contributed by atoms with Crippen LogP contribution >= 0.6 is 0 Å². The van der Waals surface area contributed by atoms with Crippen LogP contribution in [0.5, 0.6) is 0 Å². The van der Waals surface area contributed by atoms with Crippen molar-refractivity contribution in [1.29, 1.82) is 0 Å². The lowest BCUT2D eigenvalue weighted by atomic mass is 10.1. The van der Waals surface area contributed by atoms with Gasteiger partial charge in [0.15, 0.2) is 17.5 Å². The number of halogens is 3. The summed E-state index contributed by atoms with van der Waals surface area (Å²) in [6, 6.07) is 1.68. The average molecular weight is 289 g/mol. The van der Waals surface area contributed by atoms with Gasteiger partial charge < -0.3 is 10.1 Å². The quantitative estimate of drug-likeness (QED) is 0.800. The molecule has 0 spiro atoms. The van der Waals surface area contributed by atoms with Gasteiger partial charge in [-0.1, -0.05) is 13.0 Å². The Bertz CT molecular complexity index is 443. The third-order valence-electron chi connectivity index (χ3n) is 2.76. The van der Waals surface area contributed by atoms with Gasteiger partial charge in [-0.25, -0.2) is 13.2 Å². The van der Waals surface area contributed by atoms with Crippen molar-refractivity contribution in [2.24, 2.45) is 0 Å². The van der Waals surface area contributed by atoms with Crippen LogP contribution in [-0.2, 0) is 4.74 Å². The molecule has 0 heterocycles. The van der Waals surface area contributed by atoms with E-state index in [4.69, 9.17) is 4.74 Å². The van der Waals surface area contributed by atoms with Gasteiger partial charge in [0.1, 0.15) is 0 Å². The van der Waals surface area contributed by atoms with E-state index in [9.17, 15) is 13.2 Å². The Morgan fingerprint density at radius 2 is 1.80 bits per heavy atom. The number of rotatable bonds is 6. The minimum atomic E-state index is -1.44. The molecule has 2 nitrogen and oxygen atoms in total. The first kappa shape index (κ1) is 17.0. The second kappa shape index (κ2) is 7.09. The van der Waals surface area contributed by atoms with E-state index < -0.39 is 23.5 Å². The molecule has 5 heteroatoms. The molecule has 1 N–H and O–H groups in total. The summed E-state index contributed by atoms with van der Waals surface area (Å²) in [7, 11) is 0. The van der Waals surface area contributed by atoms with E-state index in [2.05, 4.69) is 5.32 Å². The van der Waals surface area contributed by atoms with Crippen molar-refractivity contribution in [2.75, 3.05) is 13.2 Å². The summed E-state index contributed by atoms with van der Waals surface area (Å²) in [6.07, 6.45) is 0.845. The zero-order valence-electron chi connectivity index (χ0n) is 12.4. The number of hydrogen-bond donors (Lipinski definition) is 1. The zero-order valence-corrected chi connectivity index (χ0v) is 12.4. The molecular formula is C15H22F3NO. The van der Waals surface area contributed by atoms with Crippen molar-refractivity contribution in [3.05, 3.63) is 35.1 Å². The molecule has 1 aromatic rings. The molecule has 0 aromatic heterocycles. The summed E-state index contributed by atoms with van der Waals surface area (Å²) < 4.78 is 45.8. The van der Waals surface area contributed by atoms with Crippen LogP contribution < -0.4 is 5.32 Å². The van der Waals surface area contributed by atoms with Gasteiger partial charge in [-0.15, -0.1) is 0 Å². The van der Waals surface area contributed by atoms with E-state index in [1.54, 1.807) is 0 Å². The van der Waals surface area contributed by atoms with E-state index in [1.165, 1.54) is 6.07 Å². The molecule has 20 heavy (non-hydrogen) atoms. The molecule has 114 valence electrons. The van der Waals surface area contributed by atoms with Gasteiger partial charge in [0, 0.05) is 5.56 Å². The third kappa shape index (κ3) is 4.80. The highest BCUT2D eigenvalue weighted by molar-refractivity contribution is 5.23. The number of hydrogen-bond acceptors (Lipinski definition) is 2. The molecule has 1 rings (SSSR count). The number of nitrogens with one attached hydrogen (secondary N) is 1. The highest BCUT2D eigenvalue weighted by Crippen LogP contribution is 2.23. The maximum atomic E-state index is 13.8. The maximum absolute atomic E-state index is 13.8. The fourth-order valence-electron chi connectivity index (χ4n) is 1.72. The lowest BCUT2D eigenvalue weighted by molar-refractivity contribution is -0.0152. The van der Waals surface area contributed by atoms with E-state index >= 15 is 0 Å². The van der Waals surface area contributed by atoms with Crippen LogP contribution in [0.1, 0.15) is 45.7 Å². The van der Waals surface area contributed by atoms with E-state index in [0.29, 0.717) is 6.54 Å². The van der Waals surface area contributed by atoms with Crippen molar-refractivity contribution in [3.8, 4) is 0 Å². The maximum Gasteiger partial charge on any atom is 0.194 e. The van der Waals surface area contributed by atoms with Crippen molar-refractivity contribution < 1.29 is 17.9 Å². The minimum Gasteiger partial charge on any atom is -0.374 e. The van der Waals surface area contributed by atoms with Gasteiger partial charge in [0.25, 0.3) is 0 Å². The van der Waals surface area contributed by atoms with Crippen LogP contribution in [0.15, 0.2) is 12.1 Å². The summed E-state index contributed by atoms with van der Waals surface area (Å²) in [4.78, 5) is 0. The van der Waals surface area contributed by atoms with Gasteiger partial charge in [-0.2, -0.15) is 0 Å². The Morgan fingerprint density at radius 1 is 1.15 bits per heavy atom. The van der Waals surface area contributed by atoms with Crippen LogP contribution in [-0.4, -0.2) is 18.8 Å². The monoisotopic (exact) mass is 289 g/mol. The van der Waals surface area contributed by atoms with Crippen LogP contribution in [0.25, 0.3) is 0 Å². The van der Waals surface area contributed by atoms with Crippen LogP contribution in [0.4, 0.5) is 13.2 Å². The number of ether oxygens (including phenoxy) is 1. The van der Waals surface area contributed by atoms with Crippen LogP contribution in [0.2, 0.25) is 0 Å². The molecule has 1 atom stereocenters. The lowest BCUT2D eigenvalue weighted by Gasteiger charge is -2.26. The Hall–Kier alpha value is -1.07. The van der Waals surface area contributed by atoms with Crippen molar-refractivity contribution in [3.63, 3.8) is 0 Å². The number of benzene rings is 1. The molecule has 0 aliphatic carbocycles. The van der Waals surface area contributed by atoms with E-state index in [-0.39, 0.29) is 17.8 Å². The van der Waals surface area contributed by atoms with Gasteiger partial charge in [0.05, 0.1) is 18.2 Å². The third-order valence-corrected chi connectivity index (χ3v) is 2.76. The summed E-state index contributed by atoms with van der Waals surface area (Å²) >= 11 is 0. The summed E-state index contributed by atoms with van der Waals surface area (Å²) in [6.45, 7) is 8.43. The summed E-state index contributed by atoms with van der Waals surface area (Å²) in [5.41, 5.74) is -0.303. The van der Waals surface area contributed by atoms with Gasteiger partial charge in [0.2, 0.25) is 0 Å². The Labute approximate surface area is 118 Å². The zero-order chi connectivity index (χ0) is 15.3. The molecule has 0 bridgehead atoms. The molecule has 0 radical (unpaired) electrons. The predicted octanol–water partition coefficient (Wildman–Crippen LogP) is 3.96. The molecule has 1 unspecified atom stereocenters. The highest BCUT2D eigenvalue weighted by atomic mass is 19.2. The average Bonchev–Trinajstić information content (AvgIpc) is 2.36. The fraction of sp³-hybridized carbons (Fsp3) is 0.600. The molecule has 0 saturated carbocycles. The SMILES string of the molecule is CCCNC(COC(C)(C)C)c1ccc(F)c(F)c1F. The highest BCUT2D eigenvalue weighted by Gasteiger charge is 2.22. The summed E-state index contributed by atoms with van der Waals surface area (Å²) in [5, 5.41) is 3.09. The topological polar surface area (TPSA) is 21.3 Å². The van der Waals surface area contributed by atoms with Crippen LogP contribution in [0.3, 0.4) is 0 Å². The first-order valence-electron chi connectivity index (χ1n) is 6.77. The first-order valence-corrected chi connectivity index (χ1v) is 6.77. The van der Waals surface area contributed by atoms with Gasteiger partial charge in [-0.05, 0) is 39.8 Å². The second-order valence-electron chi connectivity index (χ2n) is 5.69. The standard InChI is InChI=1S/C15H22F3NO/c1-5-8-19-12(9-20-15(2,3)4)10-6-7-11(16)14(18)13(10)17/h6-7,12,19H,5,8-9H2,1-4H3. The minimum absolute atomic E-state index is 0.0848. The summed E-state index contributed by atoms with van der Waals surface area (Å²) in [5.74, 6) is -3.78. The van der Waals surface area contributed by atoms with Gasteiger partial charge >= 0.3 is 0 Å².